The highest BCUT2D eigenvalue weighted by molar-refractivity contribution is 6.26. The second-order valence-electron chi connectivity index (χ2n) is 5.13. The van der Waals surface area contributed by atoms with E-state index in [4.69, 9.17) is 16.3 Å². The third-order valence-electron chi connectivity index (χ3n) is 3.13. The van der Waals surface area contributed by atoms with Crippen molar-refractivity contribution in [3.05, 3.63) is 11.3 Å². The third kappa shape index (κ3) is 5.58. The molecule has 0 aromatic rings. The summed E-state index contributed by atoms with van der Waals surface area (Å²) < 4.78 is 5.32. The Morgan fingerprint density at radius 1 is 1.35 bits per heavy atom. The first-order valence-electron chi connectivity index (χ1n) is 6.61. The van der Waals surface area contributed by atoms with Gasteiger partial charge in [-0.3, -0.25) is 4.79 Å². The lowest BCUT2D eigenvalue weighted by Gasteiger charge is -2.20. The Bertz CT molecular complexity index is 282. The second kappa shape index (κ2) is 7.75. The summed E-state index contributed by atoms with van der Waals surface area (Å²) in [6, 6.07) is 0. The van der Waals surface area contributed by atoms with Crippen molar-refractivity contribution in [3.63, 3.8) is 0 Å². The molecule has 2 nitrogen and oxygen atoms in total. The molecule has 0 atom stereocenters. The zero-order chi connectivity index (χ0) is 12.7. The molecule has 0 bridgehead atoms. The number of halogens is 1. The van der Waals surface area contributed by atoms with Crippen molar-refractivity contribution < 1.29 is 9.53 Å². The van der Waals surface area contributed by atoms with Crippen LogP contribution in [-0.2, 0) is 9.53 Å². The first-order valence-corrected chi connectivity index (χ1v) is 7.14. The molecule has 0 unspecified atom stereocenters. The number of allylic oxidation sites excluding steroid dienone is 2. The predicted molar refractivity (Wildman–Crippen MR) is 71.0 cm³/mol. The minimum Gasteiger partial charge on any atom is -0.430 e. The fraction of sp³-hybridized carbons (Fsp3) is 0.786. The van der Waals surface area contributed by atoms with Crippen LogP contribution in [-0.4, -0.2) is 11.8 Å². The number of carbonyl (C=O) groups excluding carboxylic acids is 1. The van der Waals surface area contributed by atoms with Gasteiger partial charge in [0.05, 0.1) is 0 Å². The van der Waals surface area contributed by atoms with Gasteiger partial charge in [-0.05, 0) is 43.6 Å². The van der Waals surface area contributed by atoms with Gasteiger partial charge in [-0.25, -0.2) is 0 Å². The normalized spacial score (nSPS) is 16.5. The largest absolute Gasteiger partial charge is 0.430 e. The summed E-state index contributed by atoms with van der Waals surface area (Å²) in [7, 11) is 0. The fourth-order valence-corrected chi connectivity index (χ4v) is 2.27. The number of rotatable bonds is 6. The molecule has 0 saturated heterocycles. The lowest BCUT2D eigenvalue weighted by Crippen LogP contribution is -2.10. The molecule has 0 fully saturated rings. The topological polar surface area (TPSA) is 26.3 Å². The van der Waals surface area contributed by atoms with E-state index in [-0.39, 0.29) is 11.8 Å². The van der Waals surface area contributed by atoms with E-state index in [9.17, 15) is 4.79 Å². The molecule has 3 heteroatoms. The van der Waals surface area contributed by atoms with Gasteiger partial charge in [-0.2, -0.15) is 0 Å². The van der Waals surface area contributed by atoms with Gasteiger partial charge in [0.15, 0.2) is 0 Å². The summed E-state index contributed by atoms with van der Waals surface area (Å²) >= 11 is 5.47. The summed E-state index contributed by atoms with van der Waals surface area (Å²) in [6.45, 7) is 4.48. The first-order chi connectivity index (χ1) is 8.13. The van der Waals surface area contributed by atoms with Crippen LogP contribution in [0, 0.1) is 5.92 Å². The van der Waals surface area contributed by atoms with E-state index in [0.717, 1.165) is 37.4 Å². The van der Waals surface area contributed by atoms with Crippen molar-refractivity contribution in [1.29, 1.82) is 0 Å². The molecule has 0 spiro atoms. The predicted octanol–water partition coefficient (Wildman–Crippen LogP) is 4.42. The molecule has 0 amide bonds. The summed E-state index contributed by atoms with van der Waals surface area (Å²) in [5.41, 5.74) is 1.34. The smallest absolute Gasteiger partial charge is 0.325 e. The van der Waals surface area contributed by atoms with Crippen LogP contribution in [0.15, 0.2) is 11.3 Å². The minimum absolute atomic E-state index is 0.0528. The fourth-order valence-electron chi connectivity index (χ4n) is 2.22. The molecular formula is C14H23ClO2. The monoisotopic (exact) mass is 258 g/mol. The quantitative estimate of drug-likeness (QED) is 0.521. The average Bonchev–Trinajstić information content (AvgIpc) is 2.30. The molecule has 0 aliphatic heterocycles. The van der Waals surface area contributed by atoms with Crippen LogP contribution < -0.4 is 0 Å². The van der Waals surface area contributed by atoms with Gasteiger partial charge in [-0.1, -0.05) is 20.3 Å². The zero-order valence-corrected chi connectivity index (χ0v) is 11.7. The van der Waals surface area contributed by atoms with Crippen molar-refractivity contribution in [2.24, 2.45) is 5.92 Å². The second-order valence-corrected chi connectivity index (χ2v) is 5.39. The highest BCUT2D eigenvalue weighted by Gasteiger charge is 2.16. The molecule has 0 aromatic heterocycles. The van der Waals surface area contributed by atoms with Crippen molar-refractivity contribution in [1.82, 2.24) is 0 Å². The number of carbonyl (C=O) groups is 1. The van der Waals surface area contributed by atoms with E-state index in [1.165, 1.54) is 24.8 Å². The summed E-state index contributed by atoms with van der Waals surface area (Å²) in [6.07, 6.45) is 7.83. The van der Waals surface area contributed by atoms with Gasteiger partial charge in [0, 0.05) is 6.42 Å². The van der Waals surface area contributed by atoms with Gasteiger partial charge in [0.2, 0.25) is 0 Å². The Labute approximate surface area is 109 Å². The van der Waals surface area contributed by atoms with E-state index >= 15 is 0 Å². The Hall–Kier alpha value is -0.500. The van der Waals surface area contributed by atoms with E-state index in [1.54, 1.807) is 0 Å². The van der Waals surface area contributed by atoms with Gasteiger partial charge < -0.3 is 4.74 Å². The van der Waals surface area contributed by atoms with Gasteiger partial charge in [0.25, 0.3) is 0 Å². The molecule has 1 rings (SSSR count). The van der Waals surface area contributed by atoms with Crippen LogP contribution in [0.25, 0.3) is 0 Å². The Balaban J connectivity index is 2.51. The van der Waals surface area contributed by atoms with Crippen molar-refractivity contribution in [2.45, 2.75) is 58.8 Å². The summed E-state index contributed by atoms with van der Waals surface area (Å²) in [5.74, 6) is 1.28. The number of esters is 1. The SMILES string of the molecule is CC(C)CCCC1=C(OC(=O)CCl)CCCC1. The van der Waals surface area contributed by atoms with Gasteiger partial charge in [-0.15, -0.1) is 11.6 Å². The molecule has 98 valence electrons. The Morgan fingerprint density at radius 2 is 2.06 bits per heavy atom. The molecule has 0 N–H and O–H groups in total. The highest BCUT2D eigenvalue weighted by Crippen LogP contribution is 2.29. The maximum absolute atomic E-state index is 11.2. The number of hydrogen-bond donors (Lipinski definition) is 0. The Kier molecular flexibility index (Phi) is 6.64. The number of hydrogen-bond acceptors (Lipinski definition) is 2. The lowest BCUT2D eigenvalue weighted by atomic mass is 9.92. The standard InChI is InChI=1S/C14H23ClO2/c1-11(2)6-5-8-12-7-3-4-9-13(12)17-14(16)10-15/h11H,3-10H2,1-2H3. The van der Waals surface area contributed by atoms with Crippen LogP contribution in [0.5, 0.6) is 0 Å². The maximum Gasteiger partial charge on any atom is 0.325 e. The average molecular weight is 259 g/mol. The zero-order valence-electron chi connectivity index (χ0n) is 10.9. The van der Waals surface area contributed by atoms with E-state index < -0.39 is 0 Å². The van der Waals surface area contributed by atoms with E-state index in [0.29, 0.717) is 0 Å². The molecule has 1 aliphatic carbocycles. The molecule has 17 heavy (non-hydrogen) atoms. The van der Waals surface area contributed by atoms with Gasteiger partial charge >= 0.3 is 5.97 Å². The Morgan fingerprint density at radius 3 is 2.71 bits per heavy atom. The van der Waals surface area contributed by atoms with Crippen LogP contribution in [0.2, 0.25) is 0 Å². The van der Waals surface area contributed by atoms with Crippen LogP contribution >= 0.6 is 11.6 Å². The molecule has 0 radical (unpaired) electrons. The maximum atomic E-state index is 11.2. The summed E-state index contributed by atoms with van der Waals surface area (Å²) in [5, 5.41) is 0. The highest BCUT2D eigenvalue weighted by atomic mass is 35.5. The summed E-state index contributed by atoms with van der Waals surface area (Å²) in [4.78, 5) is 11.2. The van der Waals surface area contributed by atoms with Crippen LogP contribution in [0.4, 0.5) is 0 Å². The van der Waals surface area contributed by atoms with Crippen molar-refractivity contribution >= 4 is 17.6 Å². The first kappa shape index (κ1) is 14.6. The van der Waals surface area contributed by atoms with Crippen molar-refractivity contribution in [3.8, 4) is 0 Å². The third-order valence-corrected chi connectivity index (χ3v) is 3.35. The molecule has 0 heterocycles. The molecular weight excluding hydrogens is 236 g/mol. The van der Waals surface area contributed by atoms with Crippen LogP contribution in [0.1, 0.15) is 58.8 Å². The van der Waals surface area contributed by atoms with Crippen LogP contribution in [0.3, 0.4) is 0 Å². The number of ether oxygens (including phenoxy) is 1. The minimum atomic E-state index is -0.315. The van der Waals surface area contributed by atoms with E-state index in [2.05, 4.69) is 13.8 Å². The number of alkyl halides is 1. The van der Waals surface area contributed by atoms with Gasteiger partial charge in [0.1, 0.15) is 11.6 Å². The molecule has 1 aliphatic rings. The molecule has 0 aromatic carbocycles. The van der Waals surface area contributed by atoms with E-state index in [1.807, 2.05) is 0 Å². The van der Waals surface area contributed by atoms with Crippen molar-refractivity contribution in [2.75, 3.05) is 5.88 Å². The lowest BCUT2D eigenvalue weighted by molar-refractivity contribution is -0.137. The molecule has 0 saturated carbocycles.